The molecule has 0 amide bonds. The second-order valence-electron chi connectivity index (χ2n) is 10.8. The van der Waals surface area contributed by atoms with E-state index in [2.05, 4.69) is 13.2 Å². The Morgan fingerprint density at radius 2 is 1.08 bits per heavy atom. The molecule has 0 saturated heterocycles. The van der Waals surface area contributed by atoms with Crippen LogP contribution in [0.3, 0.4) is 0 Å². The van der Waals surface area contributed by atoms with Crippen molar-refractivity contribution in [1.29, 1.82) is 0 Å². The average Bonchev–Trinajstić information content (AvgIpc) is 3.12. The van der Waals surface area contributed by atoms with Gasteiger partial charge in [0.25, 0.3) is 0 Å². The molecule has 0 aromatic heterocycles. The first-order valence-corrected chi connectivity index (χ1v) is 16.1. The summed E-state index contributed by atoms with van der Waals surface area (Å²) >= 11 is 0. The topological polar surface area (TPSA) is 159 Å². The molecule has 13 nitrogen and oxygen atoms in total. The molecule has 0 radical (unpaired) electrons. The Kier molecular flexibility index (Phi) is 16.4. The molecule has 0 heterocycles. The zero-order chi connectivity index (χ0) is 37.0. The maximum absolute atomic E-state index is 12.7. The molecule has 0 aliphatic rings. The number of ether oxygens (including phenoxy) is 8. The summed E-state index contributed by atoms with van der Waals surface area (Å²) < 4.78 is 41.5. The number of aryl methyl sites for hydroxylation is 1. The number of benzene rings is 3. The van der Waals surface area contributed by atoms with Crippen LogP contribution in [0.15, 0.2) is 92.0 Å². The van der Waals surface area contributed by atoms with Crippen LogP contribution in [0.2, 0.25) is 0 Å². The number of rotatable bonds is 19. The van der Waals surface area contributed by atoms with Crippen molar-refractivity contribution in [1.82, 2.24) is 0 Å². The van der Waals surface area contributed by atoms with Crippen molar-refractivity contribution in [2.24, 2.45) is 0 Å². The SMILES string of the molecule is C=CC(=O)OCCCCOC(=O)Oc1ccc(C(=O)Oc2ccc(OC(=O)c3ccc(OC(=O)OCCCCOC(C)C=C)cc3)cc2C)cc1. The molecule has 51 heavy (non-hydrogen) atoms. The van der Waals surface area contributed by atoms with Gasteiger partial charge < -0.3 is 37.9 Å². The Morgan fingerprint density at radius 3 is 1.57 bits per heavy atom. The molecule has 0 bridgehead atoms. The third-order valence-corrected chi connectivity index (χ3v) is 6.78. The lowest BCUT2D eigenvalue weighted by molar-refractivity contribution is -0.137. The monoisotopic (exact) mass is 704 g/mol. The van der Waals surface area contributed by atoms with Crippen molar-refractivity contribution in [2.45, 2.75) is 45.6 Å². The molecule has 0 aliphatic carbocycles. The molecule has 3 aromatic carbocycles. The molecule has 1 unspecified atom stereocenters. The van der Waals surface area contributed by atoms with Gasteiger partial charge in [-0.1, -0.05) is 12.7 Å². The minimum absolute atomic E-state index is 0.0341. The molecule has 0 aliphatic heterocycles. The van der Waals surface area contributed by atoms with Crippen LogP contribution < -0.4 is 18.9 Å². The van der Waals surface area contributed by atoms with Gasteiger partial charge >= 0.3 is 30.2 Å². The fourth-order valence-corrected chi connectivity index (χ4v) is 3.98. The van der Waals surface area contributed by atoms with Gasteiger partial charge in [-0.25, -0.2) is 24.0 Å². The summed E-state index contributed by atoms with van der Waals surface area (Å²) in [5, 5.41) is 0. The molecule has 0 spiro atoms. The van der Waals surface area contributed by atoms with Crippen LogP contribution in [-0.2, 0) is 23.7 Å². The summed E-state index contributed by atoms with van der Waals surface area (Å²) in [6, 6.07) is 16.0. The van der Waals surface area contributed by atoms with E-state index in [1.807, 2.05) is 6.92 Å². The Morgan fingerprint density at radius 1 is 0.608 bits per heavy atom. The van der Waals surface area contributed by atoms with Gasteiger partial charge in [-0.15, -0.1) is 6.58 Å². The minimum Gasteiger partial charge on any atom is -0.463 e. The van der Waals surface area contributed by atoms with Gasteiger partial charge in [0, 0.05) is 12.7 Å². The molecule has 0 fully saturated rings. The summed E-state index contributed by atoms with van der Waals surface area (Å²) in [5.74, 6) is -1.02. The molecular weight excluding hydrogens is 664 g/mol. The Bertz CT molecular complexity index is 1650. The van der Waals surface area contributed by atoms with Crippen LogP contribution >= 0.6 is 0 Å². The van der Waals surface area contributed by atoms with E-state index < -0.39 is 30.2 Å². The Hall–Kier alpha value is -5.95. The lowest BCUT2D eigenvalue weighted by Gasteiger charge is -2.11. The van der Waals surface area contributed by atoms with Crippen molar-refractivity contribution in [3.63, 3.8) is 0 Å². The highest BCUT2D eigenvalue weighted by molar-refractivity contribution is 5.92. The molecule has 1 atom stereocenters. The zero-order valence-electron chi connectivity index (χ0n) is 28.5. The minimum atomic E-state index is -0.920. The average molecular weight is 705 g/mol. The lowest BCUT2D eigenvalue weighted by Crippen LogP contribution is -2.13. The van der Waals surface area contributed by atoms with E-state index in [9.17, 15) is 24.0 Å². The summed E-state index contributed by atoms with van der Waals surface area (Å²) in [6.07, 6.45) is 3.24. The highest BCUT2D eigenvalue weighted by Crippen LogP contribution is 2.26. The predicted octanol–water partition coefficient (Wildman–Crippen LogP) is 7.34. The van der Waals surface area contributed by atoms with Crippen molar-refractivity contribution < 1.29 is 61.9 Å². The van der Waals surface area contributed by atoms with Crippen molar-refractivity contribution >= 4 is 30.2 Å². The fraction of sp³-hybridized carbons (Fsp3) is 0.289. The van der Waals surface area contributed by atoms with E-state index in [1.165, 1.54) is 66.7 Å². The summed E-state index contributed by atoms with van der Waals surface area (Å²) in [6.45, 7) is 11.5. The van der Waals surface area contributed by atoms with E-state index in [1.54, 1.807) is 13.0 Å². The van der Waals surface area contributed by atoms with E-state index >= 15 is 0 Å². The number of carbonyl (C=O) groups excluding carboxylic acids is 5. The molecular formula is C38H40O13. The van der Waals surface area contributed by atoms with Crippen LogP contribution in [0.1, 0.15) is 58.9 Å². The predicted molar refractivity (Wildman–Crippen MR) is 183 cm³/mol. The second kappa shape index (κ2) is 21.2. The largest absolute Gasteiger partial charge is 0.513 e. The van der Waals surface area contributed by atoms with Gasteiger partial charge in [-0.3, -0.25) is 0 Å². The maximum atomic E-state index is 12.7. The van der Waals surface area contributed by atoms with Crippen molar-refractivity contribution in [2.75, 3.05) is 26.4 Å². The second-order valence-corrected chi connectivity index (χ2v) is 10.8. The number of unbranched alkanes of at least 4 members (excludes halogenated alkanes) is 2. The summed E-state index contributed by atoms with van der Waals surface area (Å²) in [4.78, 5) is 60.2. The summed E-state index contributed by atoms with van der Waals surface area (Å²) in [7, 11) is 0. The molecule has 3 aromatic rings. The van der Waals surface area contributed by atoms with Gasteiger partial charge in [0.1, 0.15) is 23.0 Å². The number of hydrogen-bond donors (Lipinski definition) is 0. The normalized spacial score (nSPS) is 10.9. The number of carbonyl (C=O) groups is 5. The Labute approximate surface area is 295 Å². The molecule has 270 valence electrons. The van der Waals surface area contributed by atoms with Crippen molar-refractivity contribution in [3.8, 4) is 23.0 Å². The van der Waals surface area contributed by atoms with Gasteiger partial charge in [0.2, 0.25) is 0 Å². The molecule has 3 rings (SSSR count). The number of esters is 3. The molecule has 0 saturated carbocycles. The fourth-order valence-electron chi connectivity index (χ4n) is 3.98. The van der Waals surface area contributed by atoms with E-state index in [4.69, 9.17) is 37.9 Å². The first kappa shape index (κ1) is 39.5. The van der Waals surface area contributed by atoms with Gasteiger partial charge in [-0.05, 0) is 112 Å². The zero-order valence-corrected chi connectivity index (χ0v) is 28.5. The maximum Gasteiger partial charge on any atom is 0.513 e. The highest BCUT2D eigenvalue weighted by atomic mass is 16.7. The first-order chi connectivity index (χ1) is 24.6. The third-order valence-electron chi connectivity index (χ3n) is 6.78. The van der Waals surface area contributed by atoms with Crippen LogP contribution in [0, 0.1) is 6.92 Å². The first-order valence-electron chi connectivity index (χ1n) is 16.1. The Balaban J connectivity index is 1.40. The number of hydrogen-bond acceptors (Lipinski definition) is 13. The third kappa shape index (κ3) is 14.6. The van der Waals surface area contributed by atoms with Crippen LogP contribution in [0.4, 0.5) is 9.59 Å². The summed E-state index contributed by atoms with van der Waals surface area (Å²) in [5.41, 5.74) is 0.929. The van der Waals surface area contributed by atoms with E-state index in [-0.39, 0.29) is 60.0 Å². The van der Waals surface area contributed by atoms with E-state index in [0.29, 0.717) is 37.9 Å². The molecule has 0 N–H and O–H groups in total. The quantitative estimate of drug-likeness (QED) is 0.0232. The van der Waals surface area contributed by atoms with Crippen LogP contribution in [0.5, 0.6) is 23.0 Å². The smallest absolute Gasteiger partial charge is 0.463 e. The highest BCUT2D eigenvalue weighted by Gasteiger charge is 2.15. The standard InChI is InChI=1S/C38H40O13/c1-5-27(4)44-21-7-9-23-46-37(42)49-30-15-11-28(12-16-30)35(40)48-32-19-20-33(26(3)25-32)51-36(41)29-13-17-31(18-14-29)50-38(43)47-24-10-8-22-45-34(39)6-2/h5-6,11-20,25,27H,1-2,7-10,21-24H2,3-4H3. The lowest BCUT2D eigenvalue weighted by atomic mass is 10.2. The van der Waals surface area contributed by atoms with Crippen LogP contribution in [0.25, 0.3) is 0 Å². The van der Waals surface area contributed by atoms with E-state index in [0.717, 1.165) is 6.08 Å². The van der Waals surface area contributed by atoms with Gasteiger partial charge in [0.05, 0.1) is 37.1 Å². The van der Waals surface area contributed by atoms with Crippen LogP contribution in [-0.4, -0.2) is 62.8 Å². The van der Waals surface area contributed by atoms with Crippen molar-refractivity contribution in [3.05, 3.63) is 109 Å². The van der Waals surface area contributed by atoms with Gasteiger partial charge in [-0.2, -0.15) is 0 Å². The molecule has 13 heteroatoms. The van der Waals surface area contributed by atoms with Gasteiger partial charge in [0.15, 0.2) is 0 Å².